The van der Waals surface area contributed by atoms with Gasteiger partial charge in [-0.05, 0) is 33.3 Å². The van der Waals surface area contributed by atoms with Crippen LogP contribution in [0.4, 0.5) is 5.69 Å². The Morgan fingerprint density at radius 3 is 2.64 bits per heavy atom. The Morgan fingerprint density at radius 1 is 1.41 bits per heavy atom. The molecule has 2 aromatic heterocycles. The molecule has 0 saturated carbocycles. The van der Waals surface area contributed by atoms with Crippen molar-refractivity contribution in [2.24, 2.45) is 0 Å². The van der Waals surface area contributed by atoms with Gasteiger partial charge in [-0.3, -0.25) is 0 Å². The molecule has 0 atom stereocenters. The van der Waals surface area contributed by atoms with Gasteiger partial charge in [0.25, 0.3) is 0 Å². The van der Waals surface area contributed by atoms with E-state index in [-0.39, 0.29) is 5.97 Å². The molecule has 2 heterocycles. The van der Waals surface area contributed by atoms with E-state index >= 15 is 0 Å². The number of hydrogen-bond acceptors (Lipinski definition) is 5. The molecule has 0 fully saturated rings. The second-order valence-corrected chi connectivity index (χ2v) is 4.87. The van der Waals surface area contributed by atoms with Gasteiger partial charge >= 0.3 is 5.97 Å². The summed E-state index contributed by atoms with van der Waals surface area (Å²) in [5, 5.41) is 13.6. The molecule has 0 aliphatic rings. The molecule has 2 rings (SSSR count). The second-order valence-electron chi connectivity index (χ2n) is 4.87. The molecular weight excluding hydrogens is 280 g/mol. The van der Waals surface area contributed by atoms with Crippen LogP contribution >= 0.6 is 0 Å². The number of hydrogen-bond donors (Lipinski definition) is 0. The number of aryl methyl sites for hydroxylation is 1. The van der Waals surface area contributed by atoms with Gasteiger partial charge in [-0.15, -0.1) is 0 Å². The van der Waals surface area contributed by atoms with Crippen LogP contribution < -0.4 is 4.90 Å². The molecule has 2 aromatic rings. The van der Waals surface area contributed by atoms with Crippen molar-refractivity contribution in [2.75, 3.05) is 24.6 Å². The highest BCUT2D eigenvalue weighted by Gasteiger charge is 2.22. The molecule has 0 aliphatic carbocycles. The minimum atomic E-state index is -0.366. The number of carbonyl (C=O) groups is 1. The van der Waals surface area contributed by atoms with Gasteiger partial charge in [-0.2, -0.15) is 10.4 Å². The summed E-state index contributed by atoms with van der Waals surface area (Å²) in [5.74, 6) is -0.366. The van der Waals surface area contributed by atoms with Crippen LogP contribution in [0.5, 0.6) is 0 Å². The Hall–Kier alpha value is -2.55. The zero-order valence-electron chi connectivity index (χ0n) is 13.4. The molecule has 0 aliphatic heterocycles. The van der Waals surface area contributed by atoms with Gasteiger partial charge in [0.1, 0.15) is 6.07 Å². The summed E-state index contributed by atoms with van der Waals surface area (Å²) in [5.41, 5.74) is 3.37. The number of carbonyl (C=O) groups excluding carboxylic acids is 1. The molecule has 6 heteroatoms. The fourth-order valence-corrected chi connectivity index (χ4v) is 2.63. The predicted octanol–water partition coefficient (Wildman–Crippen LogP) is 2.54. The van der Waals surface area contributed by atoms with E-state index in [1.807, 2.05) is 20.8 Å². The van der Waals surface area contributed by atoms with Crippen LogP contribution in [0.3, 0.4) is 0 Å². The van der Waals surface area contributed by atoms with Crippen molar-refractivity contribution >= 4 is 17.2 Å². The smallest absolute Gasteiger partial charge is 0.340 e. The number of nitrogens with zero attached hydrogens (tertiary/aromatic N) is 4. The maximum absolute atomic E-state index is 12.1. The van der Waals surface area contributed by atoms with Crippen molar-refractivity contribution in [1.82, 2.24) is 9.61 Å². The molecule has 0 bridgehead atoms. The first-order valence-electron chi connectivity index (χ1n) is 7.42. The SMILES string of the molecule is CCOC(=O)c1cn2ncc(C#N)c(N(CC)CC)c2c1C. The number of aromatic nitrogens is 2. The Balaban J connectivity index is 2.75. The van der Waals surface area contributed by atoms with E-state index in [1.165, 1.54) is 6.20 Å². The Morgan fingerprint density at radius 2 is 2.09 bits per heavy atom. The summed E-state index contributed by atoms with van der Waals surface area (Å²) in [4.78, 5) is 14.2. The third-order valence-electron chi connectivity index (χ3n) is 3.73. The molecule has 0 saturated heterocycles. The van der Waals surface area contributed by atoms with Gasteiger partial charge in [0, 0.05) is 19.3 Å². The number of rotatable bonds is 5. The van der Waals surface area contributed by atoms with E-state index in [2.05, 4.69) is 16.1 Å². The summed E-state index contributed by atoms with van der Waals surface area (Å²) >= 11 is 0. The molecular formula is C16H20N4O2. The van der Waals surface area contributed by atoms with Crippen LogP contribution in [0.15, 0.2) is 12.4 Å². The van der Waals surface area contributed by atoms with E-state index in [4.69, 9.17) is 4.74 Å². The highest BCUT2D eigenvalue weighted by atomic mass is 16.5. The number of anilines is 1. The van der Waals surface area contributed by atoms with E-state index in [1.54, 1.807) is 17.6 Å². The highest BCUT2D eigenvalue weighted by molar-refractivity contribution is 5.96. The van der Waals surface area contributed by atoms with Crippen LogP contribution in [-0.4, -0.2) is 35.3 Å². The van der Waals surface area contributed by atoms with Crippen LogP contribution in [0.25, 0.3) is 5.52 Å². The quantitative estimate of drug-likeness (QED) is 0.794. The lowest BCUT2D eigenvalue weighted by Crippen LogP contribution is -2.24. The molecule has 0 N–H and O–H groups in total. The van der Waals surface area contributed by atoms with E-state index in [0.29, 0.717) is 17.7 Å². The number of nitriles is 1. The van der Waals surface area contributed by atoms with Crippen molar-refractivity contribution in [3.05, 3.63) is 29.1 Å². The molecule has 0 aromatic carbocycles. The molecule has 0 unspecified atom stereocenters. The minimum Gasteiger partial charge on any atom is -0.462 e. The summed E-state index contributed by atoms with van der Waals surface area (Å²) in [6, 6.07) is 2.19. The lowest BCUT2D eigenvalue weighted by molar-refractivity contribution is 0.0525. The van der Waals surface area contributed by atoms with Crippen LogP contribution in [0.2, 0.25) is 0 Å². The Labute approximate surface area is 129 Å². The van der Waals surface area contributed by atoms with Crippen molar-refractivity contribution in [3.8, 4) is 6.07 Å². The monoisotopic (exact) mass is 300 g/mol. The number of ether oxygens (including phenoxy) is 1. The Bertz CT molecular complexity index is 739. The van der Waals surface area contributed by atoms with Gasteiger partial charge < -0.3 is 9.64 Å². The van der Waals surface area contributed by atoms with Gasteiger partial charge in [0.2, 0.25) is 0 Å². The zero-order valence-corrected chi connectivity index (χ0v) is 13.4. The van der Waals surface area contributed by atoms with Crippen molar-refractivity contribution in [1.29, 1.82) is 5.26 Å². The summed E-state index contributed by atoms with van der Waals surface area (Å²) in [6.45, 7) is 9.56. The molecule has 0 amide bonds. The van der Waals surface area contributed by atoms with Crippen LogP contribution in [0.1, 0.15) is 42.3 Å². The minimum absolute atomic E-state index is 0.324. The van der Waals surface area contributed by atoms with Crippen LogP contribution in [0, 0.1) is 18.3 Å². The average Bonchev–Trinajstić information content (AvgIpc) is 2.86. The van der Waals surface area contributed by atoms with Gasteiger partial charge in [0.15, 0.2) is 0 Å². The second kappa shape index (κ2) is 6.48. The van der Waals surface area contributed by atoms with Gasteiger partial charge in [-0.1, -0.05) is 0 Å². The molecule has 0 spiro atoms. The molecule has 0 radical (unpaired) electrons. The maximum atomic E-state index is 12.1. The van der Waals surface area contributed by atoms with E-state index in [0.717, 1.165) is 29.9 Å². The van der Waals surface area contributed by atoms with Gasteiger partial charge in [0.05, 0.1) is 35.1 Å². The summed E-state index contributed by atoms with van der Waals surface area (Å²) in [7, 11) is 0. The first kappa shape index (κ1) is 15.8. The standard InChI is InChI=1S/C16H20N4O2/c1-5-19(6-2)15-12(8-17)9-18-20-10-13(11(4)14(15)20)16(21)22-7-3/h9-10H,5-7H2,1-4H3. The fraction of sp³-hybridized carbons (Fsp3) is 0.438. The van der Waals surface area contributed by atoms with Crippen molar-refractivity contribution in [2.45, 2.75) is 27.7 Å². The van der Waals surface area contributed by atoms with Crippen molar-refractivity contribution < 1.29 is 9.53 Å². The maximum Gasteiger partial charge on any atom is 0.340 e. The first-order chi connectivity index (χ1) is 10.6. The molecule has 116 valence electrons. The first-order valence-corrected chi connectivity index (χ1v) is 7.42. The normalized spacial score (nSPS) is 10.5. The summed E-state index contributed by atoms with van der Waals surface area (Å²) in [6.07, 6.45) is 3.20. The number of esters is 1. The van der Waals surface area contributed by atoms with E-state index in [9.17, 15) is 10.1 Å². The Kier molecular flexibility index (Phi) is 4.66. The fourth-order valence-electron chi connectivity index (χ4n) is 2.63. The third-order valence-corrected chi connectivity index (χ3v) is 3.73. The van der Waals surface area contributed by atoms with Crippen LogP contribution in [-0.2, 0) is 4.74 Å². The predicted molar refractivity (Wildman–Crippen MR) is 84.2 cm³/mol. The number of fused-ring (bicyclic) bond motifs is 1. The zero-order chi connectivity index (χ0) is 16.3. The van der Waals surface area contributed by atoms with Crippen molar-refractivity contribution in [3.63, 3.8) is 0 Å². The van der Waals surface area contributed by atoms with E-state index < -0.39 is 0 Å². The lowest BCUT2D eigenvalue weighted by Gasteiger charge is -2.23. The largest absolute Gasteiger partial charge is 0.462 e. The van der Waals surface area contributed by atoms with Gasteiger partial charge in [-0.25, -0.2) is 9.31 Å². The topological polar surface area (TPSA) is 70.6 Å². The lowest BCUT2D eigenvalue weighted by atomic mass is 10.1. The molecule has 6 nitrogen and oxygen atoms in total. The summed E-state index contributed by atoms with van der Waals surface area (Å²) < 4.78 is 6.74. The third kappa shape index (κ3) is 2.50. The average molecular weight is 300 g/mol. The molecule has 22 heavy (non-hydrogen) atoms. The highest BCUT2D eigenvalue weighted by Crippen LogP contribution is 2.30.